The van der Waals surface area contributed by atoms with E-state index in [1.807, 2.05) is 0 Å². The Morgan fingerprint density at radius 1 is 1.11 bits per heavy atom. The molecule has 2 saturated heterocycles. The number of hydrogen-bond donors (Lipinski definition) is 1. The molecule has 1 saturated carbocycles. The smallest absolute Gasteiger partial charge is 0.0108 e. The first-order valence-electron chi connectivity index (χ1n) is 8.21. The van der Waals surface area contributed by atoms with Gasteiger partial charge in [0.15, 0.2) is 0 Å². The average molecular weight is 250 g/mol. The van der Waals surface area contributed by atoms with Gasteiger partial charge in [-0.3, -0.25) is 0 Å². The van der Waals surface area contributed by atoms with Crippen molar-refractivity contribution in [2.45, 2.75) is 64.5 Å². The predicted octanol–water partition coefficient (Wildman–Crippen LogP) is 2.89. The van der Waals surface area contributed by atoms with Gasteiger partial charge >= 0.3 is 0 Å². The third-order valence-electron chi connectivity index (χ3n) is 5.77. The molecule has 0 bridgehead atoms. The van der Waals surface area contributed by atoms with E-state index < -0.39 is 0 Å². The lowest BCUT2D eigenvalue weighted by Crippen LogP contribution is -2.52. The van der Waals surface area contributed by atoms with Crippen LogP contribution in [0.15, 0.2) is 0 Å². The van der Waals surface area contributed by atoms with E-state index in [2.05, 4.69) is 24.1 Å². The Hall–Kier alpha value is -0.0800. The van der Waals surface area contributed by atoms with Crippen LogP contribution in [0.4, 0.5) is 0 Å². The van der Waals surface area contributed by atoms with Gasteiger partial charge in [-0.05, 0) is 69.4 Å². The lowest BCUT2D eigenvalue weighted by Gasteiger charge is -2.48. The van der Waals surface area contributed by atoms with Crippen molar-refractivity contribution in [2.24, 2.45) is 17.8 Å². The van der Waals surface area contributed by atoms with E-state index in [1.54, 1.807) is 0 Å². The Balaban J connectivity index is 1.49. The molecule has 0 amide bonds. The molecule has 2 aliphatic heterocycles. The minimum absolute atomic E-state index is 0.841. The van der Waals surface area contributed by atoms with E-state index in [0.29, 0.717) is 0 Å². The zero-order valence-electron chi connectivity index (χ0n) is 12.2. The molecule has 3 rings (SSSR count). The maximum atomic E-state index is 3.72. The average Bonchev–Trinajstić information content (AvgIpc) is 2.80. The van der Waals surface area contributed by atoms with Gasteiger partial charge in [0.05, 0.1) is 0 Å². The molecule has 0 radical (unpaired) electrons. The van der Waals surface area contributed by atoms with Gasteiger partial charge < -0.3 is 10.2 Å². The van der Waals surface area contributed by atoms with Crippen molar-refractivity contribution in [3.63, 3.8) is 0 Å². The van der Waals surface area contributed by atoms with Crippen molar-refractivity contribution in [3.8, 4) is 0 Å². The van der Waals surface area contributed by atoms with Crippen LogP contribution in [0.5, 0.6) is 0 Å². The number of nitrogens with one attached hydrogen (secondary N) is 1. The highest BCUT2D eigenvalue weighted by Gasteiger charge is 2.38. The molecule has 2 unspecified atom stereocenters. The van der Waals surface area contributed by atoms with Crippen molar-refractivity contribution in [3.05, 3.63) is 0 Å². The summed E-state index contributed by atoms with van der Waals surface area (Å²) >= 11 is 0. The molecule has 1 N–H and O–H groups in total. The molecule has 3 aliphatic rings. The Morgan fingerprint density at radius 2 is 1.94 bits per heavy atom. The van der Waals surface area contributed by atoms with Gasteiger partial charge in [-0.1, -0.05) is 13.8 Å². The van der Waals surface area contributed by atoms with Crippen molar-refractivity contribution < 1.29 is 0 Å². The Labute approximate surface area is 113 Å². The van der Waals surface area contributed by atoms with E-state index in [-0.39, 0.29) is 0 Å². The van der Waals surface area contributed by atoms with Crippen LogP contribution in [0.25, 0.3) is 0 Å². The summed E-state index contributed by atoms with van der Waals surface area (Å²) in [7, 11) is 0. The van der Waals surface area contributed by atoms with Gasteiger partial charge in [0.2, 0.25) is 0 Å². The fourth-order valence-electron chi connectivity index (χ4n) is 4.29. The van der Waals surface area contributed by atoms with Gasteiger partial charge in [-0.15, -0.1) is 0 Å². The summed E-state index contributed by atoms with van der Waals surface area (Å²) in [6.45, 7) is 8.80. The molecule has 1 aliphatic carbocycles. The molecule has 104 valence electrons. The first kappa shape index (κ1) is 12.9. The van der Waals surface area contributed by atoms with Crippen molar-refractivity contribution in [1.29, 1.82) is 0 Å². The molecule has 2 heteroatoms. The summed E-state index contributed by atoms with van der Waals surface area (Å²) in [5.41, 5.74) is 0. The number of rotatable bonds is 3. The molecular weight excluding hydrogens is 220 g/mol. The van der Waals surface area contributed by atoms with Gasteiger partial charge in [0.1, 0.15) is 0 Å². The minimum Gasteiger partial charge on any atom is -0.314 e. The van der Waals surface area contributed by atoms with E-state index in [9.17, 15) is 0 Å². The first-order valence-corrected chi connectivity index (χ1v) is 8.21. The van der Waals surface area contributed by atoms with E-state index in [0.717, 1.165) is 29.8 Å². The Kier molecular flexibility index (Phi) is 3.95. The molecular formula is C16H30N2. The van der Waals surface area contributed by atoms with Crippen molar-refractivity contribution in [1.82, 2.24) is 10.2 Å². The second-order valence-electron chi connectivity index (χ2n) is 7.23. The highest BCUT2D eigenvalue weighted by molar-refractivity contribution is 4.93. The molecule has 0 aromatic rings. The first-order chi connectivity index (χ1) is 8.74. The second kappa shape index (κ2) is 5.50. The Morgan fingerprint density at radius 3 is 2.61 bits per heavy atom. The van der Waals surface area contributed by atoms with Crippen LogP contribution < -0.4 is 5.32 Å². The maximum absolute atomic E-state index is 3.72. The van der Waals surface area contributed by atoms with Crippen LogP contribution in [-0.4, -0.2) is 36.6 Å². The summed E-state index contributed by atoms with van der Waals surface area (Å²) in [6, 6.07) is 1.77. The minimum atomic E-state index is 0.841. The van der Waals surface area contributed by atoms with E-state index in [4.69, 9.17) is 0 Å². The summed E-state index contributed by atoms with van der Waals surface area (Å²) in [6.07, 6.45) is 8.68. The summed E-state index contributed by atoms with van der Waals surface area (Å²) in [5.74, 6) is 2.86. The van der Waals surface area contributed by atoms with Gasteiger partial charge in [-0.2, -0.15) is 0 Å². The van der Waals surface area contributed by atoms with Crippen LogP contribution in [0.2, 0.25) is 0 Å². The molecule has 2 heterocycles. The van der Waals surface area contributed by atoms with Crippen molar-refractivity contribution in [2.75, 3.05) is 19.6 Å². The highest BCUT2D eigenvalue weighted by atomic mass is 15.2. The fourth-order valence-corrected chi connectivity index (χ4v) is 4.29. The maximum Gasteiger partial charge on any atom is 0.0108 e. The SMILES string of the molecule is CC(C)C1CC(N2CCCC(C3CCCN3)C2)C1. The lowest BCUT2D eigenvalue weighted by molar-refractivity contribution is 0.0206. The quantitative estimate of drug-likeness (QED) is 0.828. The van der Waals surface area contributed by atoms with Gasteiger partial charge in [0, 0.05) is 18.6 Å². The van der Waals surface area contributed by atoms with Crippen LogP contribution in [-0.2, 0) is 0 Å². The number of piperidine rings is 1. The molecule has 0 aromatic heterocycles. The normalized spacial score (nSPS) is 42.2. The lowest BCUT2D eigenvalue weighted by atomic mass is 9.72. The molecule has 3 fully saturated rings. The van der Waals surface area contributed by atoms with E-state index in [1.165, 1.54) is 58.2 Å². The standard InChI is InChI=1S/C16H30N2/c1-12(2)14-9-15(10-14)18-8-4-5-13(11-18)16-6-3-7-17-16/h12-17H,3-11H2,1-2H3. The predicted molar refractivity (Wildman–Crippen MR) is 76.7 cm³/mol. The van der Waals surface area contributed by atoms with Crippen LogP contribution in [0, 0.1) is 17.8 Å². The number of hydrogen-bond acceptors (Lipinski definition) is 2. The zero-order chi connectivity index (χ0) is 12.5. The Bertz CT molecular complexity index is 264. The molecule has 2 nitrogen and oxygen atoms in total. The number of likely N-dealkylation sites (tertiary alicyclic amines) is 1. The molecule has 0 spiro atoms. The summed E-state index contributed by atoms with van der Waals surface area (Å²) in [4.78, 5) is 2.83. The van der Waals surface area contributed by atoms with Crippen molar-refractivity contribution >= 4 is 0 Å². The van der Waals surface area contributed by atoms with E-state index >= 15 is 0 Å². The van der Waals surface area contributed by atoms with Crippen LogP contribution in [0.1, 0.15) is 52.4 Å². The molecule has 0 aromatic carbocycles. The summed E-state index contributed by atoms with van der Waals surface area (Å²) in [5, 5.41) is 3.72. The number of nitrogens with zero attached hydrogens (tertiary/aromatic N) is 1. The van der Waals surface area contributed by atoms with Crippen LogP contribution in [0.3, 0.4) is 0 Å². The van der Waals surface area contributed by atoms with Gasteiger partial charge in [-0.25, -0.2) is 0 Å². The summed E-state index contributed by atoms with van der Waals surface area (Å²) < 4.78 is 0. The van der Waals surface area contributed by atoms with Crippen LogP contribution >= 0.6 is 0 Å². The fraction of sp³-hybridized carbons (Fsp3) is 1.00. The monoisotopic (exact) mass is 250 g/mol. The zero-order valence-corrected chi connectivity index (χ0v) is 12.2. The largest absolute Gasteiger partial charge is 0.314 e. The topological polar surface area (TPSA) is 15.3 Å². The van der Waals surface area contributed by atoms with Gasteiger partial charge in [0.25, 0.3) is 0 Å². The third kappa shape index (κ3) is 2.60. The highest BCUT2D eigenvalue weighted by Crippen LogP contribution is 2.39. The molecule has 2 atom stereocenters. The third-order valence-corrected chi connectivity index (χ3v) is 5.77. The molecule has 18 heavy (non-hydrogen) atoms. The second-order valence-corrected chi connectivity index (χ2v) is 7.23.